The van der Waals surface area contributed by atoms with E-state index in [4.69, 9.17) is 14.2 Å². The lowest BCUT2D eigenvalue weighted by atomic mass is 10.2. The van der Waals surface area contributed by atoms with Crippen molar-refractivity contribution in [2.24, 2.45) is 0 Å². The van der Waals surface area contributed by atoms with Crippen molar-refractivity contribution in [2.75, 3.05) is 14.2 Å². The molecule has 112 valence electrons. The molecule has 0 aliphatic carbocycles. The predicted molar refractivity (Wildman–Crippen MR) is 85.6 cm³/mol. The molecular weight excluding hydrogens is 278 g/mol. The standard InChI is InChI=1S/C18H17NO3/c1-20-16-8-9-19-15-11-18(17(21-2)10-14(15)16)22-12-13-6-4-3-5-7-13/h3-11H,12H2,1-2H3. The van der Waals surface area contributed by atoms with E-state index in [1.165, 1.54) is 0 Å². The van der Waals surface area contributed by atoms with Crippen molar-refractivity contribution in [1.82, 2.24) is 4.98 Å². The molecule has 22 heavy (non-hydrogen) atoms. The van der Waals surface area contributed by atoms with Crippen LogP contribution >= 0.6 is 0 Å². The highest BCUT2D eigenvalue weighted by Crippen LogP contribution is 2.35. The molecule has 3 aromatic rings. The lowest BCUT2D eigenvalue weighted by Crippen LogP contribution is -1.98. The molecule has 2 aromatic carbocycles. The Morgan fingerprint density at radius 3 is 2.36 bits per heavy atom. The van der Waals surface area contributed by atoms with E-state index in [0.29, 0.717) is 18.1 Å². The van der Waals surface area contributed by atoms with Gasteiger partial charge in [-0.3, -0.25) is 4.98 Å². The molecule has 1 heterocycles. The van der Waals surface area contributed by atoms with E-state index in [-0.39, 0.29) is 0 Å². The number of methoxy groups -OCH3 is 2. The average molecular weight is 295 g/mol. The number of hydrogen-bond donors (Lipinski definition) is 0. The molecule has 0 saturated carbocycles. The summed E-state index contributed by atoms with van der Waals surface area (Å²) in [6.45, 7) is 0.479. The number of hydrogen-bond acceptors (Lipinski definition) is 4. The van der Waals surface area contributed by atoms with Crippen LogP contribution < -0.4 is 14.2 Å². The van der Waals surface area contributed by atoms with Crippen LogP contribution in [-0.4, -0.2) is 19.2 Å². The monoisotopic (exact) mass is 295 g/mol. The maximum atomic E-state index is 5.89. The molecule has 4 nitrogen and oxygen atoms in total. The van der Waals surface area contributed by atoms with Crippen LogP contribution in [0.15, 0.2) is 54.7 Å². The van der Waals surface area contributed by atoms with Crippen LogP contribution in [-0.2, 0) is 6.61 Å². The molecule has 1 aromatic heterocycles. The summed E-state index contributed by atoms with van der Waals surface area (Å²) < 4.78 is 16.7. The maximum absolute atomic E-state index is 5.89. The smallest absolute Gasteiger partial charge is 0.163 e. The first-order chi connectivity index (χ1) is 10.8. The Balaban J connectivity index is 1.95. The second kappa shape index (κ2) is 6.35. The summed E-state index contributed by atoms with van der Waals surface area (Å²) in [6, 6.07) is 15.6. The highest BCUT2D eigenvalue weighted by Gasteiger charge is 2.11. The summed E-state index contributed by atoms with van der Waals surface area (Å²) in [5.41, 5.74) is 1.91. The molecule has 3 rings (SSSR count). The molecule has 0 unspecified atom stereocenters. The first kappa shape index (κ1) is 14.2. The minimum Gasteiger partial charge on any atom is -0.496 e. The zero-order chi connectivity index (χ0) is 15.4. The van der Waals surface area contributed by atoms with Gasteiger partial charge in [0.25, 0.3) is 0 Å². The molecule has 4 heteroatoms. The van der Waals surface area contributed by atoms with Crippen molar-refractivity contribution >= 4 is 10.9 Å². The number of benzene rings is 2. The largest absolute Gasteiger partial charge is 0.496 e. The third kappa shape index (κ3) is 2.81. The van der Waals surface area contributed by atoms with E-state index >= 15 is 0 Å². The quantitative estimate of drug-likeness (QED) is 0.717. The lowest BCUT2D eigenvalue weighted by molar-refractivity contribution is 0.285. The van der Waals surface area contributed by atoms with Crippen LogP contribution in [0.25, 0.3) is 10.9 Å². The fraction of sp³-hybridized carbons (Fsp3) is 0.167. The summed E-state index contributed by atoms with van der Waals surface area (Å²) in [7, 11) is 3.26. The molecule has 0 bridgehead atoms. The number of rotatable bonds is 5. The van der Waals surface area contributed by atoms with Gasteiger partial charge in [-0.2, -0.15) is 0 Å². The maximum Gasteiger partial charge on any atom is 0.163 e. The number of fused-ring (bicyclic) bond motifs is 1. The van der Waals surface area contributed by atoms with Crippen molar-refractivity contribution in [1.29, 1.82) is 0 Å². The SMILES string of the molecule is COc1cc2c(OC)ccnc2cc1OCc1ccccc1. The van der Waals surface area contributed by atoms with Gasteiger partial charge in [-0.25, -0.2) is 0 Å². The van der Waals surface area contributed by atoms with E-state index in [0.717, 1.165) is 22.2 Å². The molecule has 0 spiro atoms. The van der Waals surface area contributed by atoms with E-state index < -0.39 is 0 Å². The first-order valence-electron chi connectivity index (χ1n) is 6.99. The molecule has 0 N–H and O–H groups in total. The van der Waals surface area contributed by atoms with Crippen LogP contribution in [0.4, 0.5) is 0 Å². The Bertz CT molecular complexity index is 772. The third-order valence-corrected chi connectivity index (χ3v) is 3.44. The molecule has 0 saturated heterocycles. The fourth-order valence-electron chi connectivity index (χ4n) is 2.31. The van der Waals surface area contributed by atoms with Gasteiger partial charge in [-0.1, -0.05) is 30.3 Å². The van der Waals surface area contributed by atoms with Crippen molar-refractivity contribution in [3.05, 3.63) is 60.3 Å². The van der Waals surface area contributed by atoms with E-state index in [1.54, 1.807) is 20.4 Å². The van der Waals surface area contributed by atoms with E-state index in [1.807, 2.05) is 48.5 Å². The highest BCUT2D eigenvalue weighted by atomic mass is 16.5. The topological polar surface area (TPSA) is 40.6 Å². The van der Waals surface area contributed by atoms with Gasteiger partial charge >= 0.3 is 0 Å². The molecule has 0 radical (unpaired) electrons. The number of ether oxygens (including phenoxy) is 3. The minimum absolute atomic E-state index is 0.479. The number of nitrogens with zero attached hydrogens (tertiary/aromatic N) is 1. The molecule has 0 atom stereocenters. The van der Waals surface area contributed by atoms with Crippen LogP contribution in [0.2, 0.25) is 0 Å². The normalized spacial score (nSPS) is 10.5. The second-order valence-electron chi connectivity index (χ2n) is 4.81. The van der Waals surface area contributed by atoms with Gasteiger partial charge in [-0.05, 0) is 17.7 Å². The molecule has 0 aliphatic rings. The van der Waals surface area contributed by atoms with Gasteiger partial charge in [0, 0.05) is 17.6 Å². The molecular formula is C18H17NO3. The molecule has 0 aliphatic heterocycles. The van der Waals surface area contributed by atoms with Crippen LogP contribution in [0.5, 0.6) is 17.2 Å². The van der Waals surface area contributed by atoms with Crippen molar-refractivity contribution in [2.45, 2.75) is 6.61 Å². The summed E-state index contributed by atoms with van der Waals surface area (Å²) in [4.78, 5) is 4.37. The van der Waals surface area contributed by atoms with Gasteiger partial charge in [0.2, 0.25) is 0 Å². The Labute approximate surface area is 129 Å². The van der Waals surface area contributed by atoms with Crippen molar-refractivity contribution in [3.8, 4) is 17.2 Å². The fourth-order valence-corrected chi connectivity index (χ4v) is 2.31. The lowest BCUT2D eigenvalue weighted by Gasteiger charge is -2.13. The number of pyridine rings is 1. The van der Waals surface area contributed by atoms with Gasteiger partial charge in [0.15, 0.2) is 11.5 Å². The zero-order valence-corrected chi connectivity index (χ0v) is 12.6. The highest BCUT2D eigenvalue weighted by molar-refractivity contribution is 5.88. The average Bonchev–Trinajstić information content (AvgIpc) is 2.59. The van der Waals surface area contributed by atoms with Crippen LogP contribution in [0.3, 0.4) is 0 Å². The Kier molecular flexibility index (Phi) is 4.10. The zero-order valence-electron chi connectivity index (χ0n) is 12.6. The Hall–Kier alpha value is -2.75. The summed E-state index contributed by atoms with van der Waals surface area (Å²) >= 11 is 0. The van der Waals surface area contributed by atoms with Gasteiger partial charge in [0.05, 0.1) is 19.7 Å². The third-order valence-electron chi connectivity index (χ3n) is 3.44. The second-order valence-corrected chi connectivity index (χ2v) is 4.81. The Morgan fingerprint density at radius 1 is 0.864 bits per heavy atom. The van der Waals surface area contributed by atoms with E-state index in [2.05, 4.69) is 4.98 Å². The number of aromatic nitrogens is 1. The summed E-state index contributed by atoms with van der Waals surface area (Å²) in [5.74, 6) is 2.09. The Morgan fingerprint density at radius 2 is 1.64 bits per heavy atom. The van der Waals surface area contributed by atoms with Crippen LogP contribution in [0, 0.1) is 0 Å². The molecule has 0 fully saturated rings. The molecule has 0 amide bonds. The van der Waals surface area contributed by atoms with Crippen molar-refractivity contribution in [3.63, 3.8) is 0 Å². The van der Waals surface area contributed by atoms with Crippen LogP contribution in [0.1, 0.15) is 5.56 Å². The minimum atomic E-state index is 0.479. The summed E-state index contributed by atoms with van der Waals surface area (Å²) in [5, 5.41) is 0.897. The van der Waals surface area contributed by atoms with Gasteiger partial charge in [0.1, 0.15) is 12.4 Å². The predicted octanol–water partition coefficient (Wildman–Crippen LogP) is 3.83. The summed E-state index contributed by atoms with van der Waals surface area (Å²) in [6.07, 6.45) is 1.72. The first-order valence-corrected chi connectivity index (χ1v) is 6.99. The van der Waals surface area contributed by atoms with E-state index in [9.17, 15) is 0 Å². The van der Waals surface area contributed by atoms with Gasteiger partial charge in [-0.15, -0.1) is 0 Å². The van der Waals surface area contributed by atoms with Gasteiger partial charge < -0.3 is 14.2 Å². The van der Waals surface area contributed by atoms with Crippen molar-refractivity contribution < 1.29 is 14.2 Å².